The van der Waals surface area contributed by atoms with Gasteiger partial charge in [-0.3, -0.25) is 4.98 Å². The van der Waals surface area contributed by atoms with Crippen LogP contribution in [0.25, 0.3) is 33.4 Å². The van der Waals surface area contributed by atoms with Crippen molar-refractivity contribution in [2.24, 2.45) is 0 Å². The Kier molecular flexibility index (Phi) is 6.54. The first-order chi connectivity index (χ1) is 17.6. The molecule has 7 heteroatoms. The van der Waals surface area contributed by atoms with Crippen LogP contribution in [0.3, 0.4) is 0 Å². The number of aromatic nitrogens is 5. The molecule has 3 aromatic carbocycles. The zero-order chi connectivity index (χ0) is 25.1. The summed E-state index contributed by atoms with van der Waals surface area (Å²) in [7, 11) is 1.43. The van der Waals surface area contributed by atoms with E-state index >= 15 is 0 Å². The Labute approximate surface area is 209 Å². The van der Waals surface area contributed by atoms with E-state index in [1.54, 1.807) is 0 Å². The minimum absolute atomic E-state index is 0.327. The van der Waals surface area contributed by atoms with Crippen LogP contribution in [0.4, 0.5) is 0 Å². The number of benzene rings is 3. The number of nitrogens with zero attached hydrogens (tertiary/aromatic N) is 4. The number of rotatable bonds is 7. The number of nitrogens with one attached hydrogen (secondary N) is 1. The van der Waals surface area contributed by atoms with Crippen molar-refractivity contribution in [1.29, 1.82) is 0 Å². The molecule has 5 aromatic rings. The Morgan fingerprint density at radius 2 is 1.78 bits per heavy atom. The SMILES string of the molecule is CCCc1nc2ccc(C)cc2c(C(=O)OC)c1Cc1ccc(-c2ccccc2-c2nnn[nH]2)cc1. The van der Waals surface area contributed by atoms with Crippen molar-refractivity contribution in [1.82, 2.24) is 25.6 Å². The van der Waals surface area contributed by atoms with Crippen molar-refractivity contribution >= 4 is 16.9 Å². The van der Waals surface area contributed by atoms with E-state index in [0.717, 1.165) is 62.8 Å². The third kappa shape index (κ3) is 4.47. The standard InChI is InChI=1S/C29H27N5O2/c1-4-7-25-24(27(29(35)36-3)23-16-18(2)10-15-26(23)30-25)17-19-11-13-20(14-12-19)21-8-5-6-9-22(21)28-31-33-34-32-28/h5-6,8-16H,4,7,17H2,1-3H3,(H,31,32,33,34). The van der Waals surface area contributed by atoms with Gasteiger partial charge in [-0.2, -0.15) is 0 Å². The molecule has 0 atom stereocenters. The number of ether oxygens (including phenoxy) is 1. The summed E-state index contributed by atoms with van der Waals surface area (Å²) in [5.41, 5.74) is 8.51. The average Bonchev–Trinajstić information content (AvgIpc) is 3.44. The van der Waals surface area contributed by atoms with Crippen LogP contribution in [0.15, 0.2) is 66.7 Å². The summed E-state index contributed by atoms with van der Waals surface area (Å²) in [6.07, 6.45) is 2.31. The summed E-state index contributed by atoms with van der Waals surface area (Å²) in [6.45, 7) is 4.14. The molecule has 0 radical (unpaired) electrons. The van der Waals surface area contributed by atoms with Crippen LogP contribution in [0, 0.1) is 6.92 Å². The minimum Gasteiger partial charge on any atom is -0.465 e. The highest BCUT2D eigenvalue weighted by Gasteiger charge is 2.21. The number of aryl methyl sites for hydroxylation is 2. The molecule has 0 aliphatic rings. The molecule has 0 fully saturated rings. The first-order valence-corrected chi connectivity index (χ1v) is 12.0. The maximum absolute atomic E-state index is 13.0. The van der Waals surface area contributed by atoms with Gasteiger partial charge in [-0.1, -0.05) is 73.5 Å². The Bertz CT molecular complexity index is 1530. The smallest absolute Gasteiger partial charge is 0.338 e. The van der Waals surface area contributed by atoms with E-state index in [1.807, 2.05) is 43.3 Å². The Balaban J connectivity index is 1.57. The van der Waals surface area contributed by atoms with Crippen molar-refractivity contribution in [3.63, 3.8) is 0 Å². The summed E-state index contributed by atoms with van der Waals surface area (Å²) in [4.78, 5) is 18.0. The summed E-state index contributed by atoms with van der Waals surface area (Å²) < 4.78 is 5.24. The third-order valence-electron chi connectivity index (χ3n) is 6.38. The molecule has 7 nitrogen and oxygen atoms in total. The molecule has 0 aliphatic heterocycles. The third-order valence-corrected chi connectivity index (χ3v) is 6.38. The lowest BCUT2D eigenvalue weighted by molar-refractivity contribution is 0.0601. The molecule has 180 valence electrons. The van der Waals surface area contributed by atoms with E-state index in [-0.39, 0.29) is 5.97 Å². The van der Waals surface area contributed by atoms with Crippen LogP contribution in [-0.4, -0.2) is 38.7 Å². The van der Waals surface area contributed by atoms with Gasteiger partial charge in [-0.05, 0) is 58.2 Å². The summed E-state index contributed by atoms with van der Waals surface area (Å²) in [5.74, 6) is 0.297. The largest absolute Gasteiger partial charge is 0.465 e. The van der Waals surface area contributed by atoms with Gasteiger partial charge < -0.3 is 4.74 Å². The highest BCUT2D eigenvalue weighted by atomic mass is 16.5. The van der Waals surface area contributed by atoms with Crippen LogP contribution in [0.1, 0.15) is 46.1 Å². The highest BCUT2D eigenvalue weighted by molar-refractivity contribution is 6.05. The first-order valence-electron chi connectivity index (χ1n) is 12.0. The van der Waals surface area contributed by atoms with E-state index in [1.165, 1.54) is 7.11 Å². The topological polar surface area (TPSA) is 93.7 Å². The molecular weight excluding hydrogens is 450 g/mol. The molecule has 36 heavy (non-hydrogen) atoms. The fraction of sp³-hybridized carbons (Fsp3) is 0.207. The van der Waals surface area contributed by atoms with Gasteiger partial charge in [-0.25, -0.2) is 9.89 Å². The zero-order valence-electron chi connectivity index (χ0n) is 20.6. The van der Waals surface area contributed by atoms with Crippen molar-refractivity contribution < 1.29 is 9.53 Å². The van der Waals surface area contributed by atoms with Crippen molar-refractivity contribution in [3.05, 3.63) is 94.7 Å². The molecule has 0 unspecified atom stereocenters. The highest BCUT2D eigenvalue weighted by Crippen LogP contribution is 2.32. The van der Waals surface area contributed by atoms with Crippen molar-refractivity contribution in [3.8, 4) is 22.5 Å². The van der Waals surface area contributed by atoms with Crippen LogP contribution in [0.5, 0.6) is 0 Å². The quantitative estimate of drug-likeness (QED) is 0.301. The van der Waals surface area contributed by atoms with Crippen LogP contribution < -0.4 is 0 Å². The molecule has 2 heterocycles. The first kappa shape index (κ1) is 23.4. The molecule has 0 aliphatic carbocycles. The number of tetrazole rings is 1. The Morgan fingerprint density at radius 1 is 1.00 bits per heavy atom. The van der Waals surface area contributed by atoms with E-state index in [9.17, 15) is 4.79 Å². The summed E-state index contributed by atoms with van der Waals surface area (Å²) in [6, 6.07) is 22.4. The van der Waals surface area contributed by atoms with Crippen LogP contribution in [-0.2, 0) is 17.6 Å². The van der Waals surface area contributed by atoms with Crippen LogP contribution in [0.2, 0.25) is 0 Å². The van der Waals surface area contributed by atoms with Gasteiger partial charge in [0.2, 0.25) is 0 Å². The molecule has 0 spiro atoms. The summed E-state index contributed by atoms with van der Waals surface area (Å²) >= 11 is 0. The predicted molar refractivity (Wildman–Crippen MR) is 140 cm³/mol. The van der Waals surface area contributed by atoms with E-state index in [2.05, 4.69) is 57.9 Å². The average molecular weight is 478 g/mol. The van der Waals surface area contributed by atoms with Gasteiger partial charge in [-0.15, -0.1) is 5.10 Å². The lowest BCUT2D eigenvalue weighted by atomic mass is 9.91. The van der Waals surface area contributed by atoms with Gasteiger partial charge in [0.05, 0.1) is 18.2 Å². The van der Waals surface area contributed by atoms with Gasteiger partial charge >= 0.3 is 5.97 Å². The minimum atomic E-state index is -0.327. The van der Waals surface area contributed by atoms with Crippen molar-refractivity contribution in [2.45, 2.75) is 33.1 Å². The molecule has 0 amide bonds. The number of H-pyrrole nitrogens is 1. The zero-order valence-corrected chi connectivity index (χ0v) is 20.6. The van der Waals surface area contributed by atoms with Gasteiger partial charge in [0.15, 0.2) is 5.82 Å². The summed E-state index contributed by atoms with van der Waals surface area (Å²) in [5, 5.41) is 15.2. The number of esters is 1. The number of fused-ring (bicyclic) bond motifs is 1. The molecule has 0 saturated carbocycles. The van der Waals surface area contributed by atoms with Gasteiger partial charge in [0, 0.05) is 23.1 Å². The van der Waals surface area contributed by atoms with E-state index in [4.69, 9.17) is 9.72 Å². The second kappa shape index (κ2) is 10.1. The normalized spacial score (nSPS) is 11.1. The molecular formula is C29H27N5O2. The number of pyridine rings is 1. The molecule has 5 rings (SSSR count). The Morgan fingerprint density at radius 3 is 2.47 bits per heavy atom. The maximum Gasteiger partial charge on any atom is 0.338 e. The number of hydrogen-bond donors (Lipinski definition) is 1. The molecule has 2 aromatic heterocycles. The second-order valence-electron chi connectivity index (χ2n) is 8.84. The fourth-order valence-electron chi connectivity index (χ4n) is 4.66. The number of methoxy groups -OCH3 is 1. The van der Waals surface area contributed by atoms with E-state index < -0.39 is 0 Å². The number of carbonyl (C=O) groups is 1. The van der Waals surface area contributed by atoms with Gasteiger partial charge in [0.1, 0.15) is 0 Å². The molecule has 1 N–H and O–H groups in total. The number of aromatic amines is 1. The number of hydrogen-bond acceptors (Lipinski definition) is 6. The predicted octanol–water partition coefficient (Wildman–Crippen LogP) is 5.72. The van der Waals surface area contributed by atoms with Crippen molar-refractivity contribution in [2.75, 3.05) is 7.11 Å². The fourth-order valence-corrected chi connectivity index (χ4v) is 4.66. The molecule has 0 bridgehead atoms. The lowest BCUT2D eigenvalue weighted by Crippen LogP contribution is -2.12. The second-order valence-corrected chi connectivity index (χ2v) is 8.84. The monoisotopic (exact) mass is 477 g/mol. The van der Waals surface area contributed by atoms with Crippen LogP contribution >= 0.6 is 0 Å². The number of carbonyl (C=O) groups excluding carboxylic acids is 1. The van der Waals surface area contributed by atoms with Gasteiger partial charge in [0.25, 0.3) is 0 Å². The molecule has 0 saturated heterocycles. The maximum atomic E-state index is 13.0. The Hall–Kier alpha value is -4.39. The lowest BCUT2D eigenvalue weighted by Gasteiger charge is -2.17. The van der Waals surface area contributed by atoms with E-state index in [0.29, 0.717) is 17.8 Å².